The van der Waals surface area contributed by atoms with Crippen LogP contribution in [0, 0.1) is 0 Å². The second kappa shape index (κ2) is 12.4. The third-order valence-corrected chi connectivity index (χ3v) is 7.68. The van der Waals surface area contributed by atoms with Gasteiger partial charge < -0.3 is 0 Å². The van der Waals surface area contributed by atoms with Gasteiger partial charge in [0.2, 0.25) is 0 Å². The Balaban J connectivity index is 1.28. The van der Waals surface area contributed by atoms with Gasteiger partial charge in [-0.05, 0) is 46.7 Å². The Morgan fingerprint density at radius 3 is 2.00 bits per heavy atom. The van der Waals surface area contributed by atoms with Gasteiger partial charge in [0.25, 0.3) is 5.91 Å². The summed E-state index contributed by atoms with van der Waals surface area (Å²) in [5.41, 5.74) is 9.87. The molecule has 1 N–H and O–H groups in total. The largest absolute Gasteiger partial charge is 0.272 e. The molecule has 1 heterocycles. The molecule has 5 aromatic rings. The van der Waals surface area contributed by atoms with Gasteiger partial charge in [0, 0.05) is 11.3 Å². The zero-order chi connectivity index (χ0) is 28.8. The van der Waals surface area contributed by atoms with E-state index in [1.807, 2.05) is 72.2 Å². The Hall–Kier alpha value is -4.49. The van der Waals surface area contributed by atoms with Crippen molar-refractivity contribution in [1.82, 2.24) is 20.2 Å². The first kappa shape index (κ1) is 28.1. The molecule has 1 amide bonds. The maximum absolute atomic E-state index is 12.8. The van der Waals surface area contributed by atoms with Crippen molar-refractivity contribution < 1.29 is 4.79 Å². The van der Waals surface area contributed by atoms with Crippen molar-refractivity contribution in [3.63, 3.8) is 0 Å². The van der Waals surface area contributed by atoms with Crippen LogP contribution in [0.1, 0.15) is 38.8 Å². The number of para-hydroxylation sites is 1. The second-order valence-electron chi connectivity index (χ2n) is 10.8. The van der Waals surface area contributed by atoms with Gasteiger partial charge in [-0.2, -0.15) is 5.10 Å². The smallest absolute Gasteiger partial charge is 0.250 e. The van der Waals surface area contributed by atoms with Crippen molar-refractivity contribution in [3.8, 4) is 28.2 Å². The lowest BCUT2D eigenvalue weighted by atomic mass is 9.87. The summed E-state index contributed by atoms with van der Waals surface area (Å²) in [7, 11) is 0. The molecule has 6 nitrogen and oxygen atoms in total. The maximum Gasteiger partial charge on any atom is 0.250 e. The van der Waals surface area contributed by atoms with Crippen molar-refractivity contribution >= 4 is 23.4 Å². The van der Waals surface area contributed by atoms with E-state index < -0.39 is 0 Å². The first-order chi connectivity index (χ1) is 19.8. The van der Waals surface area contributed by atoms with Crippen LogP contribution in [0.5, 0.6) is 0 Å². The molecular formula is C34H33N5OS. The molecule has 0 radical (unpaired) electrons. The highest BCUT2D eigenvalue weighted by molar-refractivity contribution is 7.99. The van der Waals surface area contributed by atoms with Gasteiger partial charge in [-0.3, -0.25) is 9.36 Å². The van der Waals surface area contributed by atoms with Crippen LogP contribution in [0.25, 0.3) is 28.2 Å². The summed E-state index contributed by atoms with van der Waals surface area (Å²) in [5, 5.41) is 13.9. The predicted octanol–water partition coefficient (Wildman–Crippen LogP) is 7.53. The topological polar surface area (TPSA) is 72.2 Å². The Bertz CT molecular complexity index is 1640. The van der Waals surface area contributed by atoms with E-state index in [-0.39, 0.29) is 17.1 Å². The predicted molar refractivity (Wildman–Crippen MR) is 168 cm³/mol. The van der Waals surface area contributed by atoms with Crippen molar-refractivity contribution in [2.75, 3.05) is 5.75 Å². The standard InChI is InChI=1S/C34H33N5OS/c1-24(25-15-17-27(18-16-25)26-11-7-5-8-12-26)35-36-31(40)23-41-33-38-37-32(39(33)30-13-9-6-10-14-30)28-19-21-29(22-20-28)34(2,3)4/h5-22H,23H2,1-4H3,(H,36,40)/b35-24+. The lowest BCUT2D eigenvalue weighted by molar-refractivity contribution is -0.118. The number of hydrazone groups is 1. The van der Waals surface area contributed by atoms with E-state index in [1.165, 1.54) is 17.3 Å². The van der Waals surface area contributed by atoms with Crippen LogP contribution in [0.4, 0.5) is 0 Å². The maximum atomic E-state index is 12.8. The second-order valence-corrected chi connectivity index (χ2v) is 11.7. The molecule has 0 atom stereocenters. The Morgan fingerprint density at radius 1 is 0.780 bits per heavy atom. The van der Waals surface area contributed by atoms with Crippen LogP contribution >= 0.6 is 11.8 Å². The van der Waals surface area contributed by atoms with Gasteiger partial charge in [0.1, 0.15) is 0 Å². The summed E-state index contributed by atoms with van der Waals surface area (Å²) in [6.07, 6.45) is 0. The van der Waals surface area contributed by atoms with Gasteiger partial charge >= 0.3 is 0 Å². The van der Waals surface area contributed by atoms with Crippen LogP contribution in [-0.4, -0.2) is 32.1 Å². The molecular weight excluding hydrogens is 526 g/mol. The van der Waals surface area contributed by atoms with Crippen molar-refractivity contribution in [2.24, 2.45) is 5.10 Å². The molecule has 0 aliphatic carbocycles. The fourth-order valence-corrected chi connectivity index (χ4v) is 5.13. The number of hydrogen-bond donors (Lipinski definition) is 1. The average molecular weight is 560 g/mol. The first-order valence-electron chi connectivity index (χ1n) is 13.5. The number of hydrogen-bond acceptors (Lipinski definition) is 5. The number of nitrogens with zero attached hydrogens (tertiary/aromatic N) is 4. The minimum Gasteiger partial charge on any atom is -0.272 e. The highest BCUT2D eigenvalue weighted by Crippen LogP contribution is 2.30. The number of aromatic nitrogens is 3. The summed E-state index contributed by atoms with van der Waals surface area (Å²) < 4.78 is 1.99. The van der Waals surface area contributed by atoms with E-state index in [4.69, 9.17) is 0 Å². The normalized spacial score (nSPS) is 11.9. The van der Waals surface area contributed by atoms with Gasteiger partial charge in [-0.25, -0.2) is 5.43 Å². The fraction of sp³-hybridized carbons (Fsp3) is 0.176. The van der Waals surface area contributed by atoms with Crippen molar-refractivity contribution in [3.05, 3.63) is 120 Å². The third kappa shape index (κ3) is 6.81. The minimum atomic E-state index is -0.214. The highest BCUT2D eigenvalue weighted by atomic mass is 32.2. The molecule has 41 heavy (non-hydrogen) atoms. The Kier molecular flexibility index (Phi) is 8.45. The zero-order valence-corrected chi connectivity index (χ0v) is 24.5. The number of benzene rings is 4. The number of carbonyl (C=O) groups excluding carboxylic acids is 1. The summed E-state index contributed by atoms with van der Waals surface area (Å²) in [5.74, 6) is 0.666. The lowest BCUT2D eigenvalue weighted by Gasteiger charge is -2.19. The van der Waals surface area contributed by atoms with E-state index in [9.17, 15) is 4.79 Å². The molecule has 0 aliphatic rings. The zero-order valence-electron chi connectivity index (χ0n) is 23.7. The lowest BCUT2D eigenvalue weighted by Crippen LogP contribution is -2.21. The van der Waals surface area contributed by atoms with E-state index >= 15 is 0 Å². The van der Waals surface area contributed by atoms with E-state index in [0.717, 1.165) is 39.5 Å². The number of nitrogens with one attached hydrogen (secondary N) is 1. The summed E-state index contributed by atoms with van der Waals surface area (Å²) in [6.45, 7) is 8.47. The quantitative estimate of drug-likeness (QED) is 0.121. The molecule has 0 spiro atoms. The molecule has 0 bridgehead atoms. The minimum absolute atomic E-state index is 0.0620. The van der Waals surface area contributed by atoms with Gasteiger partial charge in [-0.15, -0.1) is 10.2 Å². The molecule has 0 unspecified atom stereocenters. The van der Waals surface area contributed by atoms with Crippen LogP contribution in [0.15, 0.2) is 119 Å². The fourth-order valence-electron chi connectivity index (χ4n) is 4.39. The monoisotopic (exact) mass is 559 g/mol. The first-order valence-corrected chi connectivity index (χ1v) is 14.5. The van der Waals surface area contributed by atoms with Gasteiger partial charge in [0.15, 0.2) is 11.0 Å². The summed E-state index contributed by atoms with van der Waals surface area (Å²) >= 11 is 1.33. The SMILES string of the molecule is C/C(=N\NC(=O)CSc1nnc(-c2ccc(C(C)(C)C)cc2)n1-c1ccccc1)c1ccc(-c2ccccc2)cc1. The van der Waals surface area contributed by atoms with Crippen LogP contribution in [-0.2, 0) is 10.2 Å². The van der Waals surface area contributed by atoms with Gasteiger partial charge in [0.05, 0.1) is 11.5 Å². The Morgan fingerprint density at radius 2 is 1.37 bits per heavy atom. The molecule has 206 valence electrons. The molecule has 0 saturated carbocycles. The Labute approximate surface area is 245 Å². The van der Waals surface area contributed by atoms with E-state index in [2.05, 4.69) is 90.0 Å². The molecule has 1 aromatic heterocycles. The van der Waals surface area contributed by atoms with Crippen LogP contribution in [0.2, 0.25) is 0 Å². The molecule has 0 fully saturated rings. The summed E-state index contributed by atoms with van der Waals surface area (Å²) in [6, 6.07) is 36.7. The highest BCUT2D eigenvalue weighted by Gasteiger charge is 2.19. The number of amides is 1. The van der Waals surface area contributed by atoms with Crippen molar-refractivity contribution in [1.29, 1.82) is 0 Å². The van der Waals surface area contributed by atoms with E-state index in [1.54, 1.807) is 0 Å². The number of carbonyl (C=O) groups is 1. The van der Waals surface area contributed by atoms with Gasteiger partial charge in [-0.1, -0.05) is 130 Å². The molecule has 5 rings (SSSR count). The van der Waals surface area contributed by atoms with Crippen LogP contribution in [0.3, 0.4) is 0 Å². The van der Waals surface area contributed by atoms with Crippen molar-refractivity contribution in [2.45, 2.75) is 38.3 Å². The van der Waals surface area contributed by atoms with E-state index in [0.29, 0.717) is 5.16 Å². The molecule has 7 heteroatoms. The number of thioether (sulfide) groups is 1. The average Bonchev–Trinajstić information content (AvgIpc) is 3.43. The number of rotatable bonds is 8. The third-order valence-electron chi connectivity index (χ3n) is 6.75. The molecule has 4 aromatic carbocycles. The molecule has 0 aliphatic heterocycles. The molecule has 0 saturated heterocycles. The summed E-state index contributed by atoms with van der Waals surface area (Å²) in [4.78, 5) is 12.8. The van der Waals surface area contributed by atoms with Crippen LogP contribution < -0.4 is 5.43 Å².